The van der Waals surface area contributed by atoms with Crippen LogP contribution >= 0.6 is 23.2 Å². The van der Waals surface area contributed by atoms with Crippen molar-refractivity contribution in [3.63, 3.8) is 0 Å². The van der Waals surface area contributed by atoms with Gasteiger partial charge in [0.05, 0.1) is 16.9 Å². The summed E-state index contributed by atoms with van der Waals surface area (Å²) >= 11 is 12.1. The number of halogens is 2. The summed E-state index contributed by atoms with van der Waals surface area (Å²) in [6, 6.07) is 12.2. The fraction of sp³-hybridized carbons (Fsp3) is 0.250. The van der Waals surface area contributed by atoms with Crippen LogP contribution in [0.1, 0.15) is 37.2 Å². The van der Waals surface area contributed by atoms with Gasteiger partial charge in [-0.1, -0.05) is 41.4 Å². The number of H-pyrrole nitrogens is 1. The summed E-state index contributed by atoms with van der Waals surface area (Å²) in [5.74, 6) is 0.497. The Bertz CT molecular complexity index is 1030. The van der Waals surface area contributed by atoms with Crippen molar-refractivity contribution in [2.75, 3.05) is 0 Å². The molecule has 0 fully saturated rings. The largest absolute Gasteiger partial charge is 0.350 e. The minimum Gasteiger partial charge on any atom is -0.350 e. The van der Waals surface area contributed by atoms with Crippen LogP contribution in [0.2, 0.25) is 10.0 Å². The summed E-state index contributed by atoms with van der Waals surface area (Å²) in [5, 5.41) is 4.56. The summed E-state index contributed by atoms with van der Waals surface area (Å²) in [6.45, 7) is 1.87. The number of aromatic amines is 1. The molecule has 0 saturated heterocycles. The number of amides is 1. The van der Waals surface area contributed by atoms with E-state index in [9.17, 15) is 9.59 Å². The molecule has 3 aromatic rings. The van der Waals surface area contributed by atoms with Crippen molar-refractivity contribution in [3.05, 3.63) is 74.3 Å². The van der Waals surface area contributed by atoms with Gasteiger partial charge in [0.15, 0.2) is 0 Å². The molecule has 140 valence electrons. The normalized spacial score (nSPS) is 12.1. The molecule has 1 amide bonds. The molecule has 7 heteroatoms. The zero-order valence-electron chi connectivity index (χ0n) is 14.8. The van der Waals surface area contributed by atoms with E-state index in [4.69, 9.17) is 23.2 Å². The Kier molecular flexibility index (Phi) is 6.14. The van der Waals surface area contributed by atoms with Crippen molar-refractivity contribution in [2.45, 2.75) is 32.2 Å². The van der Waals surface area contributed by atoms with Crippen LogP contribution in [0.5, 0.6) is 0 Å². The fourth-order valence-corrected chi connectivity index (χ4v) is 3.49. The van der Waals surface area contributed by atoms with Crippen LogP contribution in [0.25, 0.3) is 10.9 Å². The summed E-state index contributed by atoms with van der Waals surface area (Å²) in [5.41, 5.74) is 1.31. The SMILES string of the molecule is CC(NC(=O)CCCc1nc2ccccc2c(=O)[nH]1)c1ccc(Cl)cc1Cl. The summed E-state index contributed by atoms with van der Waals surface area (Å²) < 4.78 is 0. The zero-order valence-corrected chi connectivity index (χ0v) is 16.3. The first-order chi connectivity index (χ1) is 12.9. The second-order valence-corrected chi connectivity index (χ2v) is 7.18. The molecule has 0 bridgehead atoms. The first kappa shape index (κ1) is 19.4. The van der Waals surface area contributed by atoms with Crippen LogP contribution in [-0.4, -0.2) is 15.9 Å². The Hall–Kier alpha value is -2.37. The highest BCUT2D eigenvalue weighted by molar-refractivity contribution is 6.35. The van der Waals surface area contributed by atoms with Crippen molar-refractivity contribution in [2.24, 2.45) is 0 Å². The number of benzene rings is 2. The number of hydrogen-bond acceptors (Lipinski definition) is 3. The van der Waals surface area contributed by atoms with Crippen LogP contribution in [0.4, 0.5) is 0 Å². The maximum atomic E-state index is 12.2. The number of para-hydroxylation sites is 1. The molecule has 0 saturated carbocycles. The van der Waals surface area contributed by atoms with E-state index in [1.54, 1.807) is 36.4 Å². The number of rotatable bonds is 6. The smallest absolute Gasteiger partial charge is 0.258 e. The highest BCUT2D eigenvalue weighted by atomic mass is 35.5. The molecule has 27 heavy (non-hydrogen) atoms. The average molecular weight is 404 g/mol. The van der Waals surface area contributed by atoms with E-state index in [0.717, 1.165) is 5.56 Å². The summed E-state index contributed by atoms with van der Waals surface area (Å²) in [4.78, 5) is 31.5. The molecule has 0 radical (unpaired) electrons. The Morgan fingerprint density at radius 2 is 2.00 bits per heavy atom. The number of hydrogen-bond donors (Lipinski definition) is 2. The van der Waals surface area contributed by atoms with Crippen LogP contribution in [0.3, 0.4) is 0 Å². The van der Waals surface area contributed by atoms with Gasteiger partial charge in [-0.2, -0.15) is 0 Å². The fourth-order valence-electron chi connectivity index (χ4n) is 2.91. The number of nitrogens with one attached hydrogen (secondary N) is 2. The van der Waals surface area contributed by atoms with E-state index in [-0.39, 0.29) is 17.5 Å². The van der Waals surface area contributed by atoms with Crippen molar-refractivity contribution in [1.82, 2.24) is 15.3 Å². The monoisotopic (exact) mass is 403 g/mol. The molecule has 3 rings (SSSR count). The summed E-state index contributed by atoms with van der Waals surface area (Å²) in [7, 11) is 0. The molecule has 5 nitrogen and oxygen atoms in total. The van der Waals surface area contributed by atoms with Gasteiger partial charge in [0.25, 0.3) is 5.56 Å². The van der Waals surface area contributed by atoms with Crippen LogP contribution in [-0.2, 0) is 11.2 Å². The van der Waals surface area contributed by atoms with Gasteiger partial charge < -0.3 is 10.3 Å². The molecule has 0 aliphatic rings. The Balaban J connectivity index is 1.56. The molecular formula is C20H19Cl2N3O2. The van der Waals surface area contributed by atoms with E-state index >= 15 is 0 Å². The molecule has 0 aliphatic heterocycles. The average Bonchev–Trinajstić information content (AvgIpc) is 2.61. The zero-order chi connectivity index (χ0) is 19.4. The lowest BCUT2D eigenvalue weighted by Crippen LogP contribution is -2.26. The summed E-state index contributed by atoms with van der Waals surface area (Å²) in [6.07, 6.45) is 1.42. The van der Waals surface area contributed by atoms with Crippen molar-refractivity contribution in [1.29, 1.82) is 0 Å². The third-order valence-electron chi connectivity index (χ3n) is 4.29. The van der Waals surface area contributed by atoms with Gasteiger partial charge in [0.2, 0.25) is 5.91 Å². The third kappa shape index (κ3) is 4.87. The van der Waals surface area contributed by atoms with Gasteiger partial charge in [-0.15, -0.1) is 0 Å². The topological polar surface area (TPSA) is 74.8 Å². The van der Waals surface area contributed by atoms with E-state index in [1.165, 1.54) is 0 Å². The van der Waals surface area contributed by atoms with E-state index < -0.39 is 0 Å². The minimum atomic E-state index is -0.221. The second-order valence-electron chi connectivity index (χ2n) is 6.34. The van der Waals surface area contributed by atoms with Gasteiger partial charge in [0, 0.05) is 22.9 Å². The Labute approximate surface area is 166 Å². The first-order valence-electron chi connectivity index (χ1n) is 8.66. The molecular weight excluding hydrogens is 385 g/mol. The molecule has 0 spiro atoms. The second kappa shape index (κ2) is 8.55. The molecule has 1 aromatic heterocycles. The number of carbonyl (C=O) groups excluding carboxylic acids is 1. The molecule has 2 aromatic carbocycles. The van der Waals surface area contributed by atoms with Gasteiger partial charge in [0.1, 0.15) is 5.82 Å². The highest BCUT2D eigenvalue weighted by Crippen LogP contribution is 2.26. The lowest BCUT2D eigenvalue weighted by Gasteiger charge is -2.16. The highest BCUT2D eigenvalue weighted by Gasteiger charge is 2.13. The van der Waals surface area contributed by atoms with Gasteiger partial charge in [-0.05, 0) is 43.2 Å². The molecule has 0 aliphatic carbocycles. The maximum absolute atomic E-state index is 12.2. The predicted molar refractivity (Wildman–Crippen MR) is 108 cm³/mol. The van der Waals surface area contributed by atoms with E-state index in [1.807, 2.05) is 13.0 Å². The van der Waals surface area contributed by atoms with Gasteiger partial charge in [-0.3, -0.25) is 9.59 Å². The predicted octanol–water partition coefficient (Wildman–Crippen LogP) is 4.43. The quantitative estimate of drug-likeness (QED) is 0.638. The Morgan fingerprint density at radius 3 is 2.78 bits per heavy atom. The third-order valence-corrected chi connectivity index (χ3v) is 4.85. The number of aromatic nitrogens is 2. The van der Waals surface area contributed by atoms with Gasteiger partial charge >= 0.3 is 0 Å². The minimum absolute atomic E-state index is 0.0864. The number of nitrogens with zero attached hydrogens (tertiary/aromatic N) is 1. The number of fused-ring (bicyclic) bond motifs is 1. The molecule has 1 unspecified atom stereocenters. The van der Waals surface area contributed by atoms with Crippen LogP contribution in [0.15, 0.2) is 47.3 Å². The van der Waals surface area contributed by atoms with Crippen LogP contribution < -0.4 is 10.9 Å². The lowest BCUT2D eigenvalue weighted by molar-refractivity contribution is -0.121. The Morgan fingerprint density at radius 1 is 1.22 bits per heavy atom. The van der Waals surface area contributed by atoms with Crippen LogP contribution in [0, 0.1) is 0 Å². The van der Waals surface area contributed by atoms with Crippen molar-refractivity contribution >= 4 is 40.0 Å². The van der Waals surface area contributed by atoms with E-state index in [2.05, 4.69) is 15.3 Å². The first-order valence-corrected chi connectivity index (χ1v) is 9.42. The van der Waals surface area contributed by atoms with Crippen molar-refractivity contribution in [3.8, 4) is 0 Å². The molecule has 2 N–H and O–H groups in total. The molecule has 1 atom stereocenters. The van der Waals surface area contributed by atoms with E-state index in [0.29, 0.717) is 46.0 Å². The number of aryl methyl sites for hydroxylation is 1. The lowest BCUT2D eigenvalue weighted by atomic mass is 10.1. The standard InChI is InChI=1S/C20H19Cl2N3O2/c1-12(14-10-9-13(21)11-16(14)22)23-19(26)8-4-7-18-24-17-6-3-2-5-15(17)20(27)25-18/h2-3,5-6,9-12H,4,7-8H2,1H3,(H,23,26)(H,24,25,27). The molecule has 1 heterocycles. The number of carbonyl (C=O) groups is 1. The maximum Gasteiger partial charge on any atom is 0.258 e. The van der Waals surface area contributed by atoms with Crippen molar-refractivity contribution < 1.29 is 4.79 Å². The van der Waals surface area contributed by atoms with Gasteiger partial charge in [-0.25, -0.2) is 4.98 Å².